The number of ketones is 1. The zero-order valence-corrected chi connectivity index (χ0v) is 14.9. The molecule has 0 aliphatic carbocycles. The number of aromatic amines is 1. The second kappa shape index (κ2) is 6.65. The molecule has 0 spiro atoms. The first-order chi connectivity index (χ1) is 12.6. The third kappa shape index (κ3) is 2.95. The predicted octanol–water partition coefficient (Wildman–Crippen LogP) is 4.87. The number of hydrogen-bond acceptors (Lipinski definition) is 2. The maximum Gasteiger partial charge on any atom is 0.221 e. The Hall–Kier alpha value is -3.11. The summed E-state index contributed by atoms with van der Waals surface area (Å²) in [6.45, 7) is 0. The summed E-state index contributed by atoms with van der Waals surface area (Å²) in [5, 5.41) is 1.63. The summed E-state index contributed by atoms with van der Waals surface area (Å²) in [7, 11) is 1.81. The highest BCUT2D eigenvalue weighted by Crippen LogP contribution is 2.31. The van der Waals surface area contributed by atoms with Crippen LogP contribution in [0.4, 0.5) is 0 Å². The highest BCUT2D eigenvalue weighted by atomic mass is 35.5. The summed E-state index contributed by atoms with van der Waals surface area (Å²) in [4.78, 5) is 20.2. The molecule has 2 heterocycles. The predicted molar refractivity (Wildman–Crippen MR) is 104 cm³/mol. The average molecular weight is 362 g/mol. The van der Waals surface area contributed by atoms with Crippen LogP contribution in [0.25, 0.3) is 16.5 Å². The van der Waals surface area contributed by atoms with Gasteiger partial charge in [0.05, 0.1) is 0 Å². The normalized spacial score (nSPS) is 11.8. The van der Waals surface area contributed by atoms with Gasteiger partial charge in [0, 0.05) is 47.1 Å². The van der Waals surface area contributed by atoms with Crippen molar-refractivity contribution in [3.05, 3.63) is 95.2 Å². The van der Waals surface area contributed by atoms with Gasteiger partial charge in [0.15, 0.2) is 5.82 Å². The molecule has 0 aliphatic rings. The minimum atomic E-state index is -0.146. The van der Waals surface area contributed by atoms with Gasteiger partial charge < -0.3 is 9.55 Å². The molecule has 0 radical (unpaired) electrons. The molecule has 26 heavy (non-hydrogen) atoms. The maximum atomic E-state index is 12.8. The molecule has 2 aromatic carbocycles. The van der Waals surface area contributed by atoms with E-state index in [-0.39, 0.29) is 5.78 Å². The van der Waals surface area contributed by atoms with Crippen molar-refractivity contribution < 1.29 is 4.79 Å². The lowest BCUT2D eigenvalue weighted by Gasteiger charge is -2.08. The number of fused-ring (bicyclic) bond motifs is 1. The van der Waals surface area contributed by atoms with E-state index in [1.165, 1.54) is 0 Å². The van der Waals surface area contributed by atoms with Gasteiger partial charge in [-0.25, -0.2) is 4.98 Å². The van der Waals surface area contributed by atoms with Crippen LogP contribution in [0.3, 0.4) is 0 Å². The van der Waals surface area contributed by atoms with Crippen molar-refractivity contribution in [3.8, 4) is 0 Å². The lowest BCUT2D eigenvalue weighted by Crippen LogP contribution is -2.05. The fourth-order valence-corrected chi connectivity index (χ4v) is 3.22. The molecular weight excluding hydrogens is 346 g/mol. The minimum Gasteiger partial charge on any atom is -0.361 e. The molecule has 0 aliphatic heterocycles. The SMILES string of the molecule is Cn1ccnc1C(=O)/C=C(\c1ccccc1)c1c[nH]c2ccc(Cl)cc12. The van der Waals surface area contributed by atoms with Crippen LogP contribution in [0.1, 0.15) is 21.7 Å². The Morgan fingerprint density at radius 3 is 2.73 bits per heavy atom. The van der Waals surface area contributed by atoms with Gasteiger partial charge in [-0.3, -0.25) is 4.79 Å². The minimum absolute atomic E-state index is 0.146. The largest absolute Gasteiger partial charge is 0.361 e. The van der Waals surface area contributed by atoms with Gasteiger partial charge in [-0.1, -0.05) is 41.9 Å². The summed E-state index contributed by atoms with van der Waals surface area (Å²) < 4.78 is 1.72. The molecule has 5 heteroatoms. The fraction of sp³-hybridized carbons (Fsp3) is 0.0476. The summed E-state index contributed by atoms with van der Waals surface area (Å²) >= 11 is 6.19. The Morgan fingerprint density at radius 1 is 1.19 bits per heavy atom. The second-order valence-corrected chi connectivity index (χ2v) is 6.48. The standard InChI is InChI=1S/C21H16ClN3O/c1-25-10-9-23-21(25)20(26)12-16(14-5-3-2-4-6-14)18-13-24-19-8-7-15(22)11-17(18)19/h2-13,24H,1H3/b16-12+. The van der Waals surface area contributed by atoms with Crippen LogP contribution in [-0.4, -0.2) is 20.3 Å². The first kappa shape index (κ1) is 16.4. The molecule has 0 bridgehead atoms. The number of imidazole rings is 1. The van der Waals surface area contributed by atoms with Gasteiger partial charge in [0.25, 0.3) is 0 Å². The fourth-order valence-electron chi connectivity index (χ4n) is 3.05. The average Bonchev–Trinajstić information content (AvgIpc) is 3.26. The molecule has 4 aromatic rings. The molecular formula is C21H16ClN3O. The van der Waals surface area contributed by atoms with E-state index in [9.17, 15) is 4.79 Å². The van der Waals surface area contributed by atoms with Gasteiger partial charge >= 0.3 is 0 Å². The molecule has 4 rings (SSSR count). The monoisotopic (exact) mass is 361 g/mol. The van der Waals surface area contributed by atoms with Crippen LogP contribution in [-0.2, 0) is 7.05 Å². The number of halogens is 1. The van der Waals surface area contributed by atoms with E-state index in [0.717, 1.165) is 27.6 Å². The molecule has 0 fully saturated rings. The molecule has 2 aromatic heterocycles. The summed E-state index contributed by atoms with van der Waals surface area (Å²) in [5.41, 5.74) is 3.68. The van der Waals surface area contributed by atoms with Gasteiger partial charge in [0.2, 0.25) is 5.78 Å². The van der Waals surface area contributed by atoms with Crippen LogP contribution in [0.15, 0.2) is 73.2 Å². The van der Waals surface area contributed by atoms with Crippen molar-refractivity contribution in [2.45, 2.75) is 0 Å². The van der Waals surface area contributed by atoms with Crippen LogP contribution in [0, 0.1) is 0 Å². The molecule has 4 nitrogen and oxygen atoms in total. The van der Waals surface area contributed by atoms with Crippen molar-refractivity contribution in [1.82, 2.24) is 14.5 Å². The zero-order valence-electron chi connectivity index (χ0n) is 14.1. The number of benzene rings is 2. The number of hydrogen-bond donors (Lipinski definition) is 1. The van der Waals surface area contributed by atoms with Gasteiger partial charge in [-0.15, -0.1) is 0 Å². The van der Waals surface area contributed by atoms with Gasteiger partial charge in [-0.05, 0) is 35.4 Å². The molecule has 0 saturated heterocycles. The number of aromatic nitrogens is 3. The van der Waals surface area contributed by atoms with Crippen LogP contribution in [0.2, 0.25) is 5.02 Å². The number of allylic oxidation sites excluding steroid dienone is 1. The molecule has 0 amide bonds. The lowest BCUT2D eigenvalue weighted by molar-refractivity contribution is 0.103. The number of nitrogens with zero attached hydrogens (tertiary/aromatic N) is 2. The Balaban J connectivity index is 1.91. The van der Waals surface area contributed by atoms with E-state index < -0.39 is 0 Å². The van der Waals surface area contributed by atoms with Crippen LogP contribution >= 0.6 is 11.6 Å². The third-order valence-electron chi connectivity index (χ3n) is 4.34. The van der Waals surface area contributed by atoms with Crippen LogP contribution < -0.4 is 0 Å². The first-order valence-electron chi connectivity index (χ1n) is 8.19. The van der Waals surface area contributed by atoms with E-state index in [2.05, 4.69) is 9.97 Å². The van der Waals surface area contributed by atoms with Crippen LogP contribution in [0.5, 0.6) is 0 Å². The van der Waals surface area contributed by atoms with Crippen molar-refractivity contribution in [3.63, 3.8) is 0 Å². The third-order valence-corrected chi connectivity index (χ3v) is 4.57. The quantitative estimate of drug-likeness (QED) is 0.416. The highest BCUT2D eigenvalue weighted by molar-refractivity contribution is 6.31. The van der Waals surface area contributed by atoms with E-state index >= 15 is 0 Å². The Morgan fingerprint density at radius 2 is 2.00 bits per heavy atom. The molecule has 1 N–H and O–H groups in total. The molecule has 0 atom stereocenters. The first-order valence-corrected chi connectivity index (χ1v) is 8.57. The molecule has 0 saturated carbocycles. The van der Waals surface area contributed by atoms with Gasteiger partial charge in [0.1, 0.15) is 0 Å². The summed E-state index contributed by atoms with van der Waals surface area (Å²) in [6, 6.07) is 15.5. The van der Waals surface area contributed by atoms with E-state index in [4.69, 9.17) is 11.6 Å². The number of nitrogens with one attached hydrogen (secondary N) is 1. The summed E-state index contributed by atoms with van der Waals surface area (Å²) in [5.74, 6) is 0.254. The smallest absolute Gasteiger partial charge is 0.221 e. The van der Waals surface area contributed by atoms with E-state index in [0.29, 0.717) is 10.8 Å². The topological polar surface area (TPSA) is 50.7 Å². The highest BCUT2D eigenvalue weighted by Gasteiger charge is 2.15. The number of rotatable bonds is 4. The number of carbonyl (C=O) groups is 1. The van der Waals surface area contributed by atoms with Gasteiger partial charge in [-0.2, -0.15) is 0 Å². The van der Waals surface area contributed by atoms with Crippen molar-refractivity contribution in [1.29, 1.82) is 0 Å². The Bertz CT molecular complexity index is 1120. The summed E-state index contributed by atoms with van der Waals surface area (Å²) in [6.07, 6.45) is 6.93. The second-order valence-electron chi connectivity index (χ2n) is 6.04. The van der Waals surface area contributed by atoms with Crippen molar-refractivity contribution >= 4 is 33.9 Å². The van der Waals surface area contributed by atoms with E-state index in [1.807, 2.05) is 61.8 Å². The number of aryl methyl sites for hydroxylation is 1. The lowest BCUT2D eigenvalue weighted by atomic mass is 9.96. The Labute approximate surface area is 155 Å². The zero-order chi connectivity index (χ0) is 18.1. The number of carbonyl (C=O) groups excluding carboxylic acids is 1. The maximum absolute atomic E-state index is 12.8. The number of H-pyrrole nitrogens is 1. The van der Waals surface area contributed by atoms with Crippen molar-refractivity contribution in [2.24, 2.45) is 7.05 Å². The van der Waals surface area contributed by atoms with Crippen molar-refractivity contribution in [2.75, 3.05) is 0 Å². The molecule has 0 unspecified atom stereocenters. The van der Waals surface area contributed by atoms with E-state index in [1.54, 1.807) is 23.0 Å². The molecule has 128 valence electrons. The Kier molecular flexibility index (Phi) is 4.19.